The summed E-state index contributed by atoms with van der Waals surface area (Å²) in [5.41, 5.74) is 1.63. The molecule has 0 spiro atoms. The van der Waals surface area contributed by atoms with Crippen LogP contribution in [0.4, 0.5) is 0 Å². The third kappa shape index (κ3) is 2.62. The van der Waals surface area contributed by atoms with E-state index in [0.29, 0.717) is 25.3 Å². The molecule has 4 rings (SSSR count). The lowest BCUT2D eigenvalue weighted by Gasteiger charge is -2.35. The molecule has 1 N–H and O–H groups in total. The summed E-state index contributed by atoms with van der Waals surface area (Å²) in [4.78, 5) is 27.4. The summed E-state index contributed by atoms with van der Waals surface area (Å²) in [6, 6.07) is 7.57. The van der Waals surface area contributed by atoms with Crippen molar-refractivity contribution in [2.45, 2.75) is 25.2 Å². The van der Waals surface area contributed by atoms with Crippen molar-refractivity contribution in [2.24, 2.45) is 0 Å². The Morgan fingerprint density at radius 3 is 2.74 bits per heavy atom. The van der Waals surface area contributed by atoms with E-state index in [-0.39, 0.29) is 24.2 Å². The Morgan fingerprint density at radius 1 is 1.22 bits per heavy atom. The number of hydrogen-bond acceptors (Lipinski definition) is 4. The van der Waals surface area contributed by atoms with Crippen LogP contribution in [-0.4, -0.2) is 55.7 Å². The van der Waals surface area contributed by atoms with E-state index in [4.69, 9.17) is 9.47 Å². The quantitative estimate of drug-likeness (QED) is 0.765. The summed E-state index contributed by atoms with van der Waals surface area (Å²) in [5, 5.41) is 0. The number of amides is 1. The number of esters is 1. The number of carbonyl (C=O) groups excluding carboxylic acids is 2. The number of ether oxygens (including phenoxy) is 2. The standard InChI is InChI=1S/C17H20N2O4/c20-15(14-6-3-11-22-14)18-7-9-19(10-8-18)16-12-4-1-2-5-13(12)17(21)23-16/h1-2,4-5,14,16H,3,6-11H2/p+1/t14-,16+/m0/s1. The lowest BCUT2D eigenvalue weighted by atomic mass is 10.1. The van der Waals surface area contributed by atoms with E-state index in [0.717, 1.165) is 31.5 Å². The number of carbonyl (C=O) groups is 2. The third-order valence-electron chi connectivity index (χ3n) is 4.98. The van der Waals surface area contributed by atoms with Crippen LogP contribution in [-0.2, 0) is 14.3 Å². The Hall–Kier alpha value is -1.92. The van der Waals surface area contributed by atoms with Crippen molar-refractivity contribution in [3.8, 4) is 0 Å². The molecule has 0 saturated carbocycles. The molecule has 1 aromatic carbocycles. The molecular weight excluding hydrogens is 296 g/mol. The third-order valence-corrected chi connectivity index (χ3v) is 4.98. The molecule has 6 nitrogen and oxygen atoms in total. The number of rotatable bonds is 2. The van der Waals surface area contributed by atoms with E-state index in [1.54, 1.807) is 0 Å². The van der Waals surface area contributed by atoms with E-state index in [9.17, 15) is 9.59 Å². The highest BCUT2D eigenvalue weighted by Crippen LogP contribution is 2.26. The highest BCUT2D eigenvalue weighted by atomic mass is 16.6. The Bertz CT molecular complexity index is 619. The van der Waals surface area contributed by atoms with E-state index >= 15 is 0 Å². The number of cyclic esters (lactones) is 1. The van der Waals surface area contributed by atoms with Gasteiger partial charge in [0.15, 0.2) is 0 Å². The number of nitrogens with zero attached hydrogens (tertiary/aromatic N) is 1. The Kier molecular flexibility index (Phi) is 3.79. The predicted molar refractivity (Wildman–Crippen MR) is 80.8 cm³/mol. The van der Waals surface area contributed by atoms with Crippen LogP contribution in [0.25, 0.3) is 0 Å². The molecule has 23 heavy (non-hydrogen) atoms. The largest absolute Gasteiger partial charge is 0.404 e. The molecule has 2 atom stereocenters. The average Bonchev–Trinajstić information content (AvgIpc) is 3.23. The minimum Gasteiger partial charge on any atom is -0.404 e. The molecule has 1 amide bonds. The number of quaternary nitrogens is 1. The van der Waals surface area contributed by atoms with Crippen LogP contribution < -0.4 is 4.90 Å². The van der Waals surface area contributed by atoms with Crippen molar-refractivity contribution in [1.82, 2.24) is 4.90 Å². The minimum absolute atomic E-state index is 0.116. The van der Waals surface area contributed by atoms with Crippen LogP contribution in [0.1, 0.15) is 35.0 Å². The van der Waals surface area contributed by atoms with Gasteiger partial charge in [-0.1, -0.05) is 12.1 Å². The van der Waals surface area contributed by atoms with Crippen LogP contribution in [0, 0.1) is 0 Å². The first-order valence-electron chi connectivity index (χ1n) is 8.29. The molecule has 0 aliphatic carbocycles. The van der Waals surface area contributed by atoms with Gasteiger partial charge in [-0.25, -0.2) is 4.79 Å². The first-order valence-corrected chi connectivity index (χ1v) is 8.29. The number of benzene rings is 1. The van der Waals surface area contributed by atoms with Gasteiger partial charge in [0.2, 0.25) is 0 Å². The highest BCUT2D eigenvalue weighted by molar-refractivity contribution is 5.93. The fourth-order valence-electron chi connectivity index (χ4n) is 3.70. The van der Waals surface area contributed by atoms with Gasteiger partial charge < -0.3 is 14.4 Å². The van der Waals surface area contributed by atoms with Crippen LogP contribution in [0.2, 0.25) is 0 Å². The summed E-state index contributed by atoms with van der Waals surface area (Å²) >= 11 is 0. The highest BCUT2D eigenvalue weighted by Gasteiger charge is 2.40. The van der Waals surface area contributed by atoms with Crippen molar-refractivity contribution in [3.05, 3.63) is 35.4 Å². The lowest BCUT2D eigenvalue weighted by molar-refractivity contribution is -0.955. The second kappa shape index (κ2) is 5.94. The zero-order valence-corrected chi connectivity index (χ0v) is 13.0. The second-order valence-electron chi connectivity index (χ2n) is 6.36. The Labute approximate surface area is 134 Å². The summed E-state index contributed by atoms with van der Waals surface area (Å²) in [7, 11) is 0. The van der Waals surface area contributed by atoms with Crippen molar-refractivity contribution in [2.75, 3.05) is 32.8 Å². The van der Waals surface area contributed by atoms with Gasteiger partial charge in [-0.2, -0.15) is 0 Å². The maximum absolute atomic E-state index is 12.4. The van der Waals surface area contributed by atoms with Crippen molar-refractivity contribution >= 4 is 11.9 Å². The summed E-state index contributed by atoms with van der Waals surface area (Å²) in [6.07, 6.45) is 1.32. The average molecular weight is 317 g/mol. The molecule has 3 heterocycles. The van der Waals surface area contributed by atoms with Crippen LogP contribution >= 0.6 is 0 Å². The predicted octanol–water partition coefficient (Wildman–Crippen LogP) is -0.238. The van der Waals surface area contributed by atoms with E-state index in [1.165, 1.54) is 4.90 Å². The number of fused-ring (bicyclic) bond motifs is 1. The minimum atomic E-state index is -0.249. The van der Waals surface area contributed by atoms with Gasteiger partial charge in [-0.15, -0.1) is 0 Å². The topological polar surface area (TPSA) is 60.3 Å². The molecule has 1 aromatic rings. The molecule has 2 fully saturated rings. The number of hydrogen-bond donors (Lipinski definition) is 1. The van der Waals surface area contributed by atoms with Gasteiger partial charge in [0.1, 0.15) is 6.10 Å². The fourth-order valence-corrected chi connectivity index (χ4v) is 3.70. The molecule has 3 aliphatic heterocycles. The van der Waals surface area contributed by atoms with Crippen LogP contribution in [0.15, 0.2) is 24.3 Å². The molecule has 0 bridgehead atoms. The molecule has 2 saturated heterocycles. The summed E-state index contributed by atoms with van der Waals surface area (Å²) in [6.45, 7) is 3.63. The number of nitrogens with one attached hydrogen (secondary N) is 1. The molecule has 0 unspecified atom stereocenters. The molecule has 0 radical (unpaired) electrons. The summed E-state index contributed by atoms with van der Waals surface area (Å²) in [5.74, 6) is -0.124. The van der Waals surface area contributed by atoms with Crippen LogP contribution in [0.5, 0.6) is 0 Å². The first kappa shape index (κ1) is 14.7. The SMILES string of the molecule is O=C1O[C@@H]([NH+]2CCN(C(=O)[C@@H]3CCCO3)CC2)c2ccccc21. The summed E-state index contributed by atoms with van der Waals surface area (Å²) < 4.78 is 11.1. The zero-order valence-electron chi connectivity index (χ0n) is 13.0. The molecule has 6 heteroatoms. The molecular formula is C17H21N2O4+. The smallest absolute Gasteiger partial charge is 0.343 e. The van der Waals surface area contributed by atoms with Crippen molar-refractivity contribution in [3.63, 3.8) is 0 Å². The fraction of sp³-hybridized carbons (Fsp3) is 0.529. The molecule has 122 valence electrons. The van der Waals surface area contributed by atoms with Gasteiger partial charge in [0, 0.05) is 6.61 Å². The number of piperazine rings is 1. The van der Waals surface area contributed by atoms with E-state index in [2.05, 4.69) is 0 Å². The maximum Gasteiger partial charge on any atom is 0.343 e. The Balaban J connectivity index is 1.40. The monoisotopic (exact) mass is 317 g/mol. The van der Waals surface area contributed by atoms with Gasteiger partial charge in [0.05, 0.1) is 37.3 Å². The lowest BCUT2D eigenvalue weighted by Crippen LogP contribution is -3.15. The van der Waals surface area contributed by atoms with Gasteiger partial charge >= 0.3 is 5.97 Å². The van der Waals surface area contributed by atoms with E-state index < -0.39 is 0 Å². The van der Waals surface area contributed by atoms with Crippen molar-refractivity contribution in [1.29, 1.82) is 0 Å². The Morgan fingerprint density at radius 2 is 2.00 bits per heavy atom. The van der Waals surface area contributed by atoms with Crippen LogP contribution in [0.3, 0.4) is 0 Å². The van der Waals surface area contributed by atoms with Gasteiger partial charge in [-0.05, 0) is 25.0 Å². The second-order valence-corrected chi connectivity index (χ2v) is 6.36. The van der Waals surface area contributed by atoms with Gasteiger partial charge in [0.25, 0.3) is 12.1 Å². The normalized spacial score (nSPS) is 27.8. The van der Waals surface area contributed by atoms with E-state index in [1.807, 2.05) is 29.2 Å². The van der Waals surface area contributed by atoms with Crippen molar-refractivity contribution < 1.29 is 24.0 Å². The first-order chi connectivity index (χ1) is 11.2. The van der Waals surface area contributed by atoms with Gasteiger partial charge in [-0.3, -0.25) is 9.69 Å². The zero-order chi connectivity index (χ0) is 15.8. The maximum atomic E-state index is 12.4. The molecule has 3 aliphatic rings. The molecule has 0 aromatic heterocycles.